The van der Waals surface area contributed by atoms with Gasteiger partial charge in [0.05, 0.1) is 23.9 Å². The molecule has 21 heavy (non-hydrogen) atoms. The maximum absolute atomic E-state index is 12.8. The molecule has 0 aliphatic carbocycles. The summed E-state index contributed by atoms with van der Waals surface area (Å²) >= 11 is 0. The molecule has 2 atom stereocenters. The molecule has 0 fully saturated rings. The number of hydrogen-bond donors (Lipinski definition) is 1. The van der Waals surface area contributed by atoms with E-state index in [1.54, 1.807) is 30.2 Å². The standard InChI is InChI=1S/C16H22N2O3/c1-10(2)14-16(20)18(9-11(3)21-4)13-8-6-5-7-12(13)15(19)17-14/h5-8,10-11,14H,9H2,1-4H3,(H,17,19). The molecule has 0 bridgehead atoms. The van der Waals surface area contributed by atoms with Crippen molar-refractivity contribution < 1.29 is 14.3 Å². The number of nitrogens with zero attached hydrogens (tertiary/aromatic N) is 1. The Morgan fingerprint density at radius 1 is 1.24 bits per heavy atom. The van der Waals surface area contributed by atoms with Crippen molar-refractivity contribution in [2.75, 3.05) is 18.6 Å². The Morgan fingerprint density at radius 2 is 1.90 bits per heavy atom. The third-order valence-electron chi connectivity index (χ3n) is 3.77. The van der Waals surface area contributed by atoms with Crippen LogP contribution >= 0.6 is 0 Å². The van der Waals surface area contributed by atoms with E-state index in [-0.39, 0.29) is 23.8 Å². The van der Waals surface area contributed by atoms with Crippen molar-refractivity contribution >= 4 is 17.5 Å². The number of amides is 2. The lowest BCUT2D eigenvalue weighted by Crippen LogP contribution is -2.50. The minimum absolute atomic E-state index is 0.0242. The van der Waals surface area contributed by atoms with Crippen LogP contribution in [-0.4, -0.2) is 37.6 Å². The smallest absolute Gasteiger partial charge is 0.254 e. The Balaban J connectivity index is 2.47. The van der Waals surface area contributed by atoms with Gasteiger partial charge in [-0.25, -0.2) is 0 Å². The number of carbonyl (C=O) groups is 2. The van der Waals surface area contributed by atoms with Crippen molar-refractivity contribution in [1.29, 1.82) is 0 Å². The van der Waals surface area contributed by atoms with Gasteiger partial charge in [0.1, 0.15) is 6.04 Å². The second-order valence-electron chi connectivity index (χ2n) is 5.71. The molecule has 5 heteroatoms. The zero-order chi connectivity index (χ0) is 15.6. The first-order chi connectivity index (χ1) is 9.95. The lowest BCUT2D eigenvalue weighted by Gasteiger charge is -2.28. The molecule has 1 aromatic rings. The Bertz CT molecular complexity index is 542. The van der Waals surface area contributed by atoms with E-state index in [1.165, 1.54) is 0 Å². The van der Waals surface area contributed by atoms with Crippen LogP contribution in [0.25, 0.3) is 0 Å². The molecule has 2 unspecified atom stereocenters. The Hall–Kier alpha value is -1.88. The van der Waals surface area contributed by atoms with Crippen LogP contribution in [0.4, 0.5) is 5.69 Å². The number of methoxy groups -OCH3 is 1. The zero-order valence-corrected chi connectivity index (χ0v) is 12.9. The monoisotopic (exact) mass is 290 g/mol. The van der Waals surface area contributed by atoms with Gasteiger partial charge < -0.3 is 15.0 Å². The highest BCUT2D eigenvalue weighted by atomic mass is 16.5. The minimum Gasteiger partial charge on any atom is -0.380 e. The summed E-state index contributed by atoms with van der Waals surface area (Å²) in [4.78, 5) is 26.8. The highest BCUT2D eigenvalue weighted by Gasteiger charge is 2.35. The molecule has 5 nitrogen and oxygen atoms in total. The molecule has 0 aromatic heterocycles. The molecule has 1 aliphatic rings. The fourth-order valence-electron chi connectivity index (χ4n) is 2.44. The molecule has 2 rings (SSSR count). The topological polar surface area (TPSA) is 58.6 Å². The molecular weight excluding hydrogens is 268 g/mol. The summed E-state index contributed by atoms with van der Waals surface area (Å²) in [5.41, 5.74) is 1.17. The number of nitrogens with one attached hydrogen (secondary N) is 1. The largest absolute Gasteiger partial charge is 0.380 e. The van der Waals surface area contributed by atoms with Crippen LogP contribution in [0.15, 0.2) is 24.3 Å². The van der Waals surface area contributed by atoms with Crippen molar-refractivity contribution in [3.8, 4) is 0 Å². The van der Waals surface area contributed by atoms with Crippen molar-refractivity contribution in [3.63, 3.8) is 0 Å². The molecule has 1 heterocycles. The maximum atomic E-state index is 12.8. The van der Waals surface area contributed by atoms with Crippen LogP contribution < -0.4 is 10.2 Å². The van der Waals surface area contributed by atoms with E-state index in [9.17, 15) is 9.59 Å². The van der Waals surface area contributed by atoms with Gasteiger partial charge in [-0.05, 0) is 25.0 Å². The molecule has 114 valence electrons. The molecule has 1 aliphatic heterocycles. The van der Waals surface area contributed by atoms with E-state index in [1.807, 2.05) is 26.8 Å². The fraction of sp³-hybridized carbons (Fsp3) is 0.500. The fourth-order valence-corrected chi connectivity index (χ4v) is 2.44. The van der Waals surface area contributed by atoms with Crippen molar-refractivity contribution in [1.82, 2.24) is 5.32 Å². The number of carbonyl (C=O) groups excluding carboxylic acids is 2. The van der Waals surface area contributed by atoms with E-state index in [0.29, 0.717) is 17.8 Å². The predicted octanol–water partition coefficient (Wildman–Crippen LogP) is 1.82. The first-order valence-electron chi connectivity index (χ1n) is 7.19. The van der Waals surface area contributed by atoms with E-state index >= 15 is 0 Å². The summed E-state index contributed by atoms with van der Waals surface area (Å²) < 4.78 is 5.28. The second kappa shape index (κ2) is 6.26. The second-order valence-corrected chi connectivity index (χ2v) is 5.71. The van der Waals surface area contributed by atoms with Crippen LogP contribution in [0.1, 0.15) is 31.1 Å². The molecule has 0 saturated carbocycles. The minimum atomic E-state index is -0.519. The first-order valence-corrected chi connectivity index (χ1v) is 7.19. The number of rotatable bonds is 4. The van der Waals surface area contributed by atoms with Crippen LogP contribution in [0.2, 0.25) is 0 Å². The van der Waals surface area contributed by atoms with Gasteiger partial charge in [-0.2, -0.15) is 0 Å². The third kappa shape index (κ3) is 3.08. The number of ether oxygens (including phenoxy) is 1. The number of hydrogen-bond acceptors (Lipinski definition) is 3. The average molecular weight is 290 g/mol. The Labute approximate surface area is 125 Å². The summed E-state index contributed by atoms with van der Waals surface area (Å²) in [7, 11) is 1.61. The van der Waals surface area contributed by atoms with Crippen molar-refractivity contribution in [3.05, 3.63) is 29.8 Å². The van der Waals surface area contributed by atoms with E-state index in [0.717, 1.165) is 0 Å². The van der Waals surface area contributed by atoms with E-state index < -0.39 is 6.04 Å². The van der Waals surface area contributed by atoms with E-state index in [4.69, 9.17) is 4.74 Å². The van der Waals surface area contributed by atoms with Crippen LogP contribution in [-0.2, 0) is 9.53 Å². The average Bonchev–Trinajstić information content (AvgIpc) is 2.57. The molecule has 1 aromatic carbocycles. The van der Waals surface area contributed by atoms with Gasteiger partial charge in [0.2, 0.25) is 5.91 Å². The summed E-state index contributed by atoms with van der Waals surface area (Å²) in [5.74, 6) is -0.270. The Morgan fingerprint density at radius 3 is 2.52 bits per heavy atom. The third-order valence-corrected chi connectivity index (χ3v) is 3.77. The molecular formula is C16H22N2O3. The molecule has 1 N–H and O–H groups in total. The lowest BCUT2D eigenvalue weighted by molar-refractivity contribution is -0.121. The maximum Gasteiger partial charge on any atom is 0.254 e. The Kier molecular flexibility index (Phi) is 4.63. The van der Waals surface area contributed by atoms with Gasteiger partial charge in [-0.3, -0.25) is 9.59 Å². The van der Waals surface area contributed by atoms with Gasteiger partial charge in [-0.1, -0.05) is 26.0 Å². The van der Waals surface area contributed by atoms with Crippen molar-refractivity contribution in [2.45, 2.75) is 32.9 Å². The van der Waals surface area contributed by atoms with Crippen LogP contribution in [0.5, 0.6) is 0 Å². The quantitative estimate of drug-likeness (QED) is 0.920. The predicted molar refractivity (Wildman–Crippen MR) is 81.4 cm³/mol. The lowest BCUT2D eigenvalue weighted by atomic mass is 10.0. The normalized spacial score (nSPS) is 20.0. The number of para-hydroxylation sites is 1. The first kappa shape index (κ1) is 15.5. The highest BCUT2D eigenvalue weighted by molar-refractivity contribution is 6.11. The molecule has 0 spiro atoms. The van der Waals surface area contributed by atoms with E-state index in [2.05, 4.69) is 5.32 Å². The van der Waals surface area contributed by atoms with Gasteiger partial charge in [0, 0.05) is 7.11 Å². The van der Waals surface area contributed by atoms with Gasteiger partial charge >= 0.3 is 0 Å². The van der Waals surface area contributed by atoms with Crippen LogP contribution in [0.3, 0.4) is 0 Å². The summed E-state index contributed by atoms with van der Waals surface area (Å²) in [6.07, 6.45) is -0.108. The van der Waals surface area contributed by atoms with Gasteiger partial charge in [0.15, 0.2) is 0 Å². The molecule has 0 radical (unpaired) electrons. The summed E-state index contributed by atoms with van der Waals surface area (Å²) in [6.45, 7) is 6.18. The van der Waals surface area contributed by atoms with Gasteiger partial charge in [0.25, 0.3) is 5.91 Å². The summed E-state index contributed by atoms with van der Waals surface area (Å²) in [6, 6.07) is 6.66. The highest BCUT2D eigenvalue weighted by Crippen LogP contribution is 2.26. The number of fused-ring (bicyclic) bond motifs is 1. The van der Waals surface area contributed by atoms with Crippen molar-refractivity contribution in [2.24, 2.45) is 5.92 Å². The van der Waals surface area contributed by atoms with Crippen LogP contribution in [0, 0.1) is 5.92 Å². The zero-order valence-electron chi connectivity index (χ0n) is 12.9. The summed E-state index contributed by atoms with van der Waals surface area (Å²) in [5, 5.41) is 2.83. The number of anilines is 1. The molecule has 0 saturated heterocycles. The molecule has 2 amide bonds. The SMILES string of the molecule is COC(C)CN1C(=O)C(C(C)C)NC(=O)c2ccccc21. The van der Waals surface area contributed by atoms with Gasteiger partial charge in [-0.15, -0.1) is 0 Å². The number of benzene rings is 1.